The Kier molecular flexibility index (Phi) is 6.90. The number of hydrogen-bond acceptors (Lipinski definition) is 10. The molecule has 0 saturated carbocycles. The molecule has 4 atom stereocenters. The zero-order valence-electron chi connectivity index (χ0n) is 21.0. The molecular formula is C28H22N2O9S2. The van der Waals surface area contributed by atoms with Gasteiger partial charge in [0.2, 0.25) is 0 Å². The first kappa shape index (κ1) is 27.1. The first-order chi connectivity index (χ1) is 19.7. The predicted molar refractivity (Wildman–Crippen MR) is 153 cm³/mol. The minimum atomic E-state index is -1.17. The molecule has 6 N–H and O–H groups in total. The van der Waals surface area contributed by atoms with E-state index in [2.05, 4.69) is 10.6 Å². The number of rotatable bonds is 6. The van der Waals surface area contributed by atoms with Crippen LogP contribution in [0, 0.1) is 0 Å². The topological polar surface area (TPSA) is 186 Å². The van der Waals surface area contributed by atoms with Crippen molar-refractivity contribution >= 4 is 52.4 Å². The summed E-state index contributed by atoms with van der Waals surface area (Å²) in [6.45, 7) is 0. The fourth-order valence-corrected chi connectivity index (χ4v) is 7.82. The van der Waals surface area contributed by atoms with Crippen LogP contribution in [0.1, 0.15) is 32.2 Å². The Hall–Kier alpha value is -4.04. The molecule has 2 saturated heterocycles. The smallest absolute Gasteiger partial charge is 0.336 e. The first-order valence-electron chi connectivity index (χ1n) is 12.4. The van der Waals surface area contributed by atoms with Crippen molar-refractivity contribution in [3.8, 4) is 28.2 Å². The molecule has 6 rings (SSSR count). The molecule has 210 valence electrons. The highest BCUT2D eigenvalue weighted by molar-refractivity contribution is 8.00. The van der Waals surface area contributed by atoms with Gasteiger partial charge in [-0.1, -0.05) is 18.2 Å². The van der Waals surface area contributed by atoms with Gasteiger partial charge in [0.25, 0.3) is 0 Å². The van der Waals surface area contributed by atoms with E-state index in [-0.39, 0.29) is 45.3 Å². The zero-order chi connectivity index (χ0) is 29.0. The van der Waals surface area contributed by atoms with Crippen molar-refractivity contribution in [3.05, 3.63) is 75.4 Å². The van der Waals surface area contributed by atoms with Crippen molar-refractivity contribution in [2.24, 2.45) is 0 Å². The highest BCUT2D eigenvalue weighted by Gasteiger charge is 2.38. The van der Waals surface area contributed by atoms with Crippen LogP contribution in [0.4, 0.5) is 0 Å². The van der Waals surface area contributed by atoms with Crippen LogP contribution >= 0.6 is 23.5 Å². The summed E-state index contributed by atoms with van der Waals surface area (Å²) in [4.78, 5) is 48.8. The Bertz CT molecular complexity index is 1770. The normalized spacial score (nSPS) is 22.3. The lowest BCUT2D eigenvalue weighted by Crippen LogP contribution is -2.35. The van der Waals surface area contributed by atoms with Crippen LogP contribution in [0.3, 0.4) is 0 Å². The van der Waals surface area contributed by atoms with Crippen molar-refractivity contribution < 1.29 is 39.2 Å². The minimum absolute atomic E-state index is 0.00212. The van der Waals surface area contributed by atoms with Crippen LogP contribution in [0.15, 0.2) is 57.7 Å². The number of thioether (sulfide) groups is 2. The van der Waals surface area contributed by atoms with Gasteiger partial charge in [-0.25, -0.2) is 4.79 Å². The molecule has 3 heterocycles. The largest absolute Gasteiger partial charge is 0.507 e. The summed E-state index contributed by atoms with van der Waals surface area (Å²) < 4.78 is 6.44. The molecular weight excluding hydrogens is 572 g/mol. The Morgan fingerprint density at radius 1 is 0.805 bits per heavy atom. The number of carboxylic acids is 3. The predicted octanol–water partition coefficient (Wildman–Crippen LogP) is 3.55. The highest BCUT2D eigenvalue weighted by atomic mass is 32.2. The van der Waals surface area contributed by atoms with Gasteiger partial charge in [0.05, 0.1) is 27.4 Å². The van der Waals surface area contributed by atoms with Gasteiger partial charge < -0.3 is 24.8 Å². The number of nitrogens with one attached hydrogen (secondary N) is 2. The van der Waals surface area contributed by atoms with Crippen LogP contribution in [-0.4, -0.2) is 61.9 Å². The van der Waals surface area contributed by atoms with Gasteiger partial charge in [0.1, 0.15) is 29.2 Å². The molecule has 0 amide bonds. The van der Waals surface area contributed by atoms with Gasteiger partial charge in [0.15, 0.2) is 5.43 Å². The Morgan fingerprint density at radius 2 is 1.44 bits per heavy atom. The standard InChI is InChI=1S/C28H22N2O9S2/c31-17-7-5-13-19(11-3-1-2-4-12(11)26(33)34)14-6-8-18(32)21(25-30-16(10-41-25)28(37)38)23(14)39-22(13)20(17)24-29-15(9-40-24)27(35)36/h1-8,15-16,24-25,29-31H,9-10H2,(H,33,34)(H,35,36)(H,37,38)/t15-,16-,24?,25?/m0/s1. The summed E-state index contributed by atoms with van der Waals surface area (Å²) in [5, 5.41) is 45.0. The monoisotopic (exact) mass is 594 g/mol. The summed E-state index contributed by atoms with van der Waals surface area (Å²) in [7, 11) is 0. The third-order valence-electron chi connectivity index (χ3n) is 7.18. The number of aromatic carboxylic acids is 1. The number of aromatic hydroxyl groups is 1. The maximum atomic E-state index is 13.3. The lowest BCUT2D eigenvalue weighted by atomic mass is 9.88. The van der Waals surface area contributed by atoms with E-state index in [9.17, 15) is 39.6 Å². The molecule has 2 aromatic carbocycles. The van der Waals surface area contributed by atoms with Crippen molar-refractivity contribution in [2.75, 3.05) is 11.5 Å². The molecule has 1 aliphatic carbocycles. The van der Waals surface area contributed by atoms with Gasteiger partial charge in [0, 0.05) is 28.0 Å². The first-order valence-corrected chi connectivity index (χ1v) is 14.5. The Morgan fingerprint density at radius 3 is 2.05 bits per heavy atom. The molecule has 41 heavy (non-hydrogen) atoms. The van der Waals surface area contributed by atoms with Crippen LogP contribution in [0.2, 0.25) is 0 Å². The average molecular weight is 595 g/mol. The number of carbonyl (C=O) groups is 3. The number of phenolic OH excluding ortho intramolecular Hbond substituents is 1. The second-order valence-electron chi connectivity index (χ2n) is 9.60. The Balaban J connectivity index is 1.69. The van der Waals surface area contributed by atoms with Crippen molar-refractivity contribution in [1.29, 1.82) is 0 Å². The summed E-state index contributed by atoms with van der Waals surface area (Å²) in [6, 6.07) is 10.5. The van der Waals surface area contributed by atoms with Crippen molar-refractivity contribution in [3.63, 3.8) is 0 Å². The molecule has 0 spiro atoms. The molecule has 2 unspecified atom stereocenters. The molecule has 0 aromatic heterocycles. The fraction of sp³-hybridized carbons (Fsp3) is 0.214. The van der Waals surface area contributed by atoms with E-state index in [1.807, 2.05) is 0 Å². The van der Waals surface area contributed by atoms with Crippen LogP contribution < -0.4 is 16.1 Å². The quantitative estimate of drug-likeness (QED) is 0.178. The molecule has 13 heteroatoms. The lowest BCUT2D eigenvalue weighted by Gasteiger charge is -2.23. The number of hydrogen-bond donors (Lipinski definition) is 6. The number of fused-ring (bicyclic) bond motifs is 2. The van der Waals surface area contributed by atoms with Crippen LogP contribution in [0.5, 0.6) is 5.75 Å². The molecule has 11 nitrogen and oxygen atoms in total. The fourth-order valence-electron chi connectivity index (χ4n) is 5.27. The van der Waals surface area contributed by atoms with E-state index in [1.165, 1.54) is 41.7 Å². The van der Waals surface area contributed by atoms with Gasteiger partial charge in [-0.3, -0.25) is 25.0 Å². The Labute approximate surface area is 239 Å². The van der Waals surface area contributed by atoms with Gasteiger partial charge in [-0.15, -0.1) is 23.5 Å². The van der Waals surface area contributed by atoms with E-state index < -0.39 is 46.2 Å². The van der Waals surface area contributed by atoms with E-state index in [1.54, 1.807) is 30.3 Å². The molecule has 0 bridgehead atoms. The number of phenols is 1. The van der Waals surface area contributed by atoms with Crippen molar-refractivity contribution in [2.45, 2.75) is 22.8 Å². The average Bonchev–Trinajstić information content (AvgIpc) is 3.62. The number of carboxylic acid groups (broad SMARTS) is 3. The minimum Gasteiger partial charge on any atom is -0.507 e. The van der Waals surface area contributed by atoms with Gasteiger partial charge in [-0.05, 0) is 35.9 Å². The third-order valence-corrected chi connectivity index (χ3v) is 9.65. The lowest BCUT2D eigenvalue weighted by molar-refractivity contribution is -0.139. The number of aliphatic carboxylic acids is 2. The third kappa shape index (κ3) is 4.60. The summed E-state index contributed by atoms with van der Waals surface area (Å²) >= 11 is 2.50. The molecule has 2 aromatic rings. The molecule has 3 aliphatic heterocycles. The summed E-state index contributed by atoms with van der Waals surface area (Å²) in [5.74, 6) is -2.90. The highest BCUT2D eigenvalue weighted by Crippen LogP contribution is 2.49. The summed E-state index contributed by atoms with van der Waals surface area (Å²) in [5.41, 5.74) is 1.37. The van der Waals surface area contributed by atoms with Gasteiger partial charge in [-0.2, -0.15) is 0 Å². The SMILES string of the molecule is O=C(O)c1ccccc1-c1c2ccc(=O)c(C3N[C@H](C(=O)O)CS3)c-2oc2c(C3N[C@H](C(=O)O)CS3)c(O)ccc12. The van der Waals surface area contributed by atoms with E-state index in [0.717, 1.165) is 0 Å². The maximum absolute atomic E-state index is 13.3. The van der Waals surface area contributed by atoms with Crippen molar-refractivity contribution in [1.82, 2.24) is 10.6 Å². The van der Waals surface area contributed by atoms with E-state index in [0.29, 0.717) is 22.1 Å². The molecule has 2 fully saturated rings. The van der Waals surface area contributed by atoms with Crippen LogP contribution in [0.25, 0.3) is 33.4 Å². The zero-order valence-corrected chi connectivity index (χ0v) is 22.6. The molecule has 4 aliphatic rings. The second kappa shape index (κ2) is 10.4. The summed E-state index contributed by atoms with van der Waals surface area (Å²) in [6.07, 6.45) is 0. The van der Waals surface area contributed by atoms with E-state index >= 15 is 0 Å². The number of benzene rings is 3. The maximum Gasteiger partial charge on any atom is 0.336 e. The molecule has 0 radical (unpaired) electrons. The van der Waals surface area contributed by atoms with Gasteiger partial charge >= 0.3 is 17.9 Å². The second-order valence-corrected chi connectivity index (χ2v) is 11.9. The van der Waals surface area contributed by atoms with Crippen LogP contribution in [-0.2, 0) is 9.59 Å². The van der Waals surface area contributed by atoms with E-state index in [4.69, 9.17) is 4.42 Å².